The molecule has 1 heterocycles. The second kappa shape index (κ2) is 6.53. The van der Waals surface area contributed by atoms with Crippen molar-refractivity contribution in [1.82, 2.24) is 4.90 Å². The molecule has 1 aromatic rings. The molecule has 0 spiro atoms. The monoisotopic (exact) mass is 293 g/mol. The highest BCUT2D eigenvalue weighted by Gasteiger charge is 2.29. The number of anilines is 1. The van der Waals surface area contributed by atoms with E-state index in [1.807, 2.05) is 6.92 Å². The molecule has 0 saturated carbocycles. The summed E-state index contributed by atoms with van der Waals surface area (Å²) in [4.78, 5) is 24.8. The van der Waals surface area contributed by atoms with Gasteiger partial charge in [-0.05, 0) is 31.9 Å². The lowest BCUT2D eigenvalue weighted by Gasteiger charge is -2.29. The van der Waals surface area contributed by atoms with Crippen molar-refractivity contribution in [2.24, 2.45) is 0 Å². The lowest BCUT2D eigenvalue weighted by Crippen LogP contribution is -2.40. The average molecular weight is 293 g/mol. The topological polar surface area (TPSA) is 95.7 Å². The Hall–Kier alpha value is -2.15. The Balaban J connectivity index is 2.32. The minimum absolute atomic E-state index is 0.0924. The molecule has 0 aliphatic carbocycles. The smallest absolute Gasteiger partial charge is 0.305 e. The van der Waals surface area contributed by atoms with Gasteiger partial charge >= 0.3 is 5.69 Å². The lowest BCUT2D eigenvalue weighted by molar-refractivity contribution is -0.384. The summed E-state index contributed by atoms with van der Waals surface area (Å²) >= 11 is 0. The van der Waals surface area contributed by atoms with Gasteiger partial charge in [0.1, 0.15) is 11.3 Å². The molecular formula is C14H19N3O4. The van der Waals surface area contributed by atoms with Crippen LogP contribution in [-0.4, -0.2) is 46.6 Å². The summed E-state index contributed by atoms with van der Waals surface area (Å²) in [6.07, 6.45) is 0.621. The van der Waals surface area contributed by atoms with Gasteiger partial charge in [-0.15, -0.1) is 0 Å². The third kappa shape index (κ3) is 3.30. The molecule has 1 aliphatic rings. The van der Waals surface area contributed by atoms with Gasteiger partial charge in [0.25, 0.3) is 5.91 Å². The Morgan fingerprint density at radius 3 is 2.71 bits per heavy atom. The predicted octanol–water partition coefficient (Wildman–Crippen LogP) is 1.62. The molecule has 7 heteroatoms. The SMILES string of the molecule is CCNc1cccc(C(=O)N2CCC(O)CC2)c1[N+](=O)[O-]. The molecular weight excluding hydrogens is 274 g/mol. The van der Waals surface area contributed by atoms with Crippen LogP contribution in [0.3, 0.4) is 0 Å². The first-order chi connectivity index (χ1) is 10.0. The number of carbonyl (C=O) groups excluding carboxylic acids is 1. The van der Waals surface area contributed by atoms with Crippen molar-refractivity contribution in [2.45, 2.75) is 25.9 Å². The van der Waals surface area contributed by atoms with E-state index in [4.69, 9.17) is 0 Å². The van der Waals surface area contributed by atoms with Crippen LogP contribution in [0.15, 0.2) is 18.2 Å². The van der Waals surface area contributed by atoms with E-state index in [1.54, 1.807) is 17.0 Å². The van der Waals surface area contributed by atoms with Crippen molar-refractivity contribution in [2.75, 3.05) is 25.0 Å². The first-order valence-corrected chi connectivity index (χ1v) is 7.03. The van der Waals surface area contributed by atoms with Crippen LogP contribution in [0.25, 0.3) is 0 Å². The molecule has 1 saturated heterocycles. The van der Waals surface area contributed by atoms with Crippen molar-refractivity contribution in [3.8, 4) is 0 Å². The Labute approximate surface area is 122 Å². The highest BCUT2D eigenvalue weighted by atomic mass is 16.6. The number of amides is 1. The molecule has 1 aromatic carbocycles. The number of nitrogens with zero attached hydrogens (tertiary/aromatic N) is 2. The molecule has 0 bridgehead atoms. The highest BCUT2D eigenvalue weighted by molar-refractivity contribution is 6.00. The maximum atomic E-state index is 12.5. The molecule has 2 rings (SSSR count). The average Bonchev–Trinajstić information content (AvgIpc) is 2.47. The zero-order valence-corrected chi connectivity index (χ0v) is 11.9. The summed E-state index contributed by atoms with van der Waals surface area (Å²) in [5, 5.41) is 23.7. The summed E-state index contributed by atoms with van der Waals surface area (Å²) in [6, 6.07) is 4.71. The van der Waals surface area contributed by atoms with Gasteiger partial charge in [-0.1, -0.05) is 6.07 Å². The van der Waals surface area contributed by atoms with Crippen molar-refractivity contribution in [1.29, 1.82) is 0 Å². The normalized spacial score (nSPS) is 15.8. The van der Waals surface area contributed by atoms with Crippen LogP contribution < -0.4 is 5.32 Å². The number of nitro benzene ring substituents is 1. The van der Waals surface area contributed by atoms with E-state index in [-0.39, 0.29) is 17.2 Å². The largest absolute Gasteiger partial charge is 0.393 e. The Morgan fingerprint density at radius 1 is 1.48 bits per heavy atom. The van der Waals surface area contributed by atoms with Gasteiger partial charge in [-0.25, -0.2) is 0 Å². The van der Waals surface area contributed by atoms with Crippen molar-refractivity contribution in [3.63, 3.8) is 0 Å². The van der Waals surface area contributed by atoms with Gasteiger partial charge < -0.3 is 15.3 Å². The molecule has 1 fully saturated rings. The third-order valence-corrected chi connectivity index (χ3v) is 3.57. The van der Waals surface area contributed by atoms with Gasteiger partial charge in [0.15, 0.2) is 0 Å². The van der Waals surface area contributed by atoms with Crippen LogP contribution in [0.2, 0.25) is 0 Å². The number of rotatable bonds is 4. The number of hydrogen-bond donors (Lipinski definition) is 2. The number of aliphatic hydroxyl groups is 1. The van der Waals surface area contributed by atoms with E-state index in [2.05, 4.69) is 5.32 Å². The van der Waals surface area contributed by atoms with E-state index in [0.717, 1.165) is 0 Å². The van der Waals surface area contributed by atoms with Crippen molar-refractivity contribution >= 4 is 17.3 Å². The standard InChI is InChI=1S/C14H19N3O4/c1-2-15-12-5-3-4-11(13(12)17(20)21)14(19)16-8-6-10(18)7-9-16/h3-5,10,15,18H,2,6-9H2,1H3. The molecule has 114 valence electrons. The van der Waals surface area contributed by atoms with E-state index < -0.39 is 11.0 Å². The number of nitro groups is 1. The fourth-order valence-electron chi connectivity index (χ4n) is 2.49. The quantitative estimate of drug-likeness (QED) is 0.649. The summed E-state index contributed by atoms with van der Waals surface area (Å²) in [5.74, 6) is -0.353. The molecule has 1 amide bonds. The van der Waals surface area contributed by atoms with Crippen LogP contribution in [0.5, 0.6) is 0 Å². The first-order valence-electron chi connectivity index (χ1n) is 7.03. The van der Waals surface area contributed by atoms with Gasteiger partial charge in [0, 0.05) is 19.6 Å². The van der Waals surface area contributed by atoms with Crippen molar-refractivity contribution < 1.29 is 14.8 Å². The predicted molar refractivity (Wildman–Crippen MR) is 78.4 cm³/mol. The highest BCUT2D eigenvalue weighted by Crippen LogP contribution is 2.30. The number of piperidine rings is 1. The summed E-state index contributed by atoms with van der Waals surface area (Å²) < 4.78 is 0. The van der Waals surface area contributed by atoms with E-state index in [9.17, 15) is 20.0 Å². The second-order valence-corrected chi connectivity index (χ2v) is 5.01. The molecule has 0 aromatic heterocycles. The van der Waals surface area contributed by atoms with E-state index in [0.29, 0.717) is 38.2 Å². The maximum Gasteiger partial charge on any atom is 0.305 e. The number of aliphatic hydroxyl groups excluding tert-OH is 1. The van der Waals surface area contributed by atoms with Gasteiger partial charge in [0.05, 0.1) is 11.0 Å². The number of para-hydroxylation sites is 1. The third-order valence-electron chi connectivity index (χ3n) is 3.57. The maximum absolute atomic E-state index is 12.5. The summed E-state index contributed by atoms with van der Waals surface area (Å²) in [6.45, 7) is 3.21. The van der Waals surface area contributed by atoms with Crippen LogP contribution in [0.1, 0.15) is 30.1 Å². The van der Waals surface area contributed by atoms with Crippen LogP contribution in [0, 0.1) is 10.1 Å². The van der Waals surface area contributed by atoms with E-state index >= 15 is 0 Å². The number of likely N-dealkylation sites (tertiary alicyclic amines) is 1. The fraction of sp³-hybridized carbons (Fsp3) is 0.500. The molecule has 0 radical (unpaired) electrons. The van der Waals surface area contributed by atoms with Gasteiger partial charge in [-0.3, -0.25) is 14.9 Å². The number of benzene rings is 1. The molecule has 2 N–H and O–H groups in total. The minimum Gasteiger partial charge on any atom is -0.393 e. The second-order valence-electron chi connectivity index (χ2n) is 5.01. The van der Waals surface area contributed by atoms with E-state index in [1.165, 1.54) is 6.07 Å². The summed E-state index contributed by atoms with van der Waals surface area (Å²) in [5.41, 5.74) is 0.260. The number of hydrogen-bond acceptors (Lipinski definition) is 5. The lowest BCUT2D eigenvalue weighted by atomic mass is 10.0. The van der Waals surface area contributed by atoms with Gasteiger partial charge in [0.2, 0.25) is 0 Å². The molecule has 0 unspecified atom stereocenters. The number of nitrogens with one attached hydrogen (secondary N) is 1. The fourth-order valence-corrected chi connectivity index (χ4v) is 2.49. The molecule has 0 atom stereocenters. The Bertz CT molecular complexity index is 539. The van der Waals surface area contributed by atoms with Crippen LogP contribution in [-0.2, 0) is 0 Å². The molecule has 1 aliphatic heterocycles. The van der Waals surface area contributed by atoms with Crippen molar-refractivity contribution in [3.05, 3.63) is 33.9 Å². The zero-order valence-electron chi connectivity index (χ0n) is 11.9. The molecule has 7 nitrogen and oxygen atoms in total. The number of carbonyl (C=O) groups is 1. The Kier molecular flexibility index (Phi) is 4.74. The van der Waals surface area contributed by atoms with Crippen LogP contribution in [0.4, 0.5) is 11.4 Å². The molecule has 21 heavy (non-hydrogen) atoms. The first kappa shape index (κ1) is 15.2. The van der Waals surface area contributed by atoms with Crippen LogP contribution >= 0.6 is 0 Å². The summed E-state index contributed by atoms with van der Waals surface area (Å²) in [7, 11) is 0. The van der Waals surface area contributed by atoms with Gasteiger partial charge in [-0.2, -0.15) is 0 Å². The minimum atomic E-state index is -0.524. The Morgan fingerprint density at radius 2 is 2.14 bits per heavy atom. The zero-order chi connectivity index (χ0) is 15.4.